The van der Waals surface area contributed by atoms with Crippen molar-refractivity contribution in [2.45, 2.75) is 44.6 Å². The molecule has 140 valence electrons. The number of aryl methyl sites for hydroxylation is 1. The number of carbonyl (C=O) groups excluding carboxylic acids is 1. The zero-order chi connectivity index (χ0) is 19.2. The molecule has 2 aliphatic rings. The molecule has 0 atom stereocenters. The number of anilines is 1. The van der Waals surface area contributed by atoms with Gasteiger partial charge < -0.3 is 15.6 Å². The van der Waals surface area contributed by atoms with Crippen LogP contribution in [0.4, 0.5) is 5.69 Å². The van der Waals surface area contributed by atoms with Crippen molar-refractivity contribution in [2.24, 2.45) is 0 Å². The predicted octanol–water partition coefficient (Wildman–Crippen LogP) is 5.43. The van der Waals surface area contributed by atoms with Crippen LogP contribution in [0, 0.1) is 6.92 Å². The maximum absolute atomic E-state index is 12.6. The van der Waals surface area contributed by atoms with Gasteiger partial charge >= 0.3 is 5.97 Å². The average molecular weight is 384 g/mol. The molecule has 0 bridgehead atoms. The van der Waals surface area contributed by atoms with Crippen molar-refractivity contribution in [3.05, 3.63) is 58.3 Å². The van der Waals surface area contributed by atoms with Gasteiger partial charge in [0.25, 0.3) is 0 Å². The number of halogens is 1. The molecule has 27 heavy (non-hydrogen) atoms. The summed E-state index contributed by atoms with van der Waals surface area (Å²) < 4.78 is 5.67. The second kappa shape index (κ2) is 6.61. The molecule has 1 saturated carbocycles. The van der Waals surface area contributed by atoms with Crippen LogP contribution in [0.3, 0.4) is 0 Å². The molecule has 5 heteroatoms. The van der Waals surface area contributed by atoms with Crippen LogP contribution in [0.25, 0.3) is 16.7 Å². The zero-order valence-corrected chi connectivity index (χ0v) is 16.0. The second-order valence-corrected chi connectivity index (χ2v) is 7.84. The normalized spacial score (nSPS) is 18.8. The standard InChI is InChI=1S/C22H22ClNO3/c1-13-11-17(14-5-7-15(24)8-6-14)18(23)12-16(13)19-20(25)22(27-21(19)26)9-3-2-4-10-22/h5-8,11-12,25H,2-4,9-10,24H2,1H3. The third kappa shape index (κ3) is 2.98. The van der Waals surface area contributed by atoms with Gasteiger partial charge in [0.1, 0.15) is 5.57 Å². The number of ether oxygens (including phenoxy) is 1. The quantitative estimate of drug-likeness (QED) is 0.536. The number of aliphatic hydroxyl groups excluding tert-OH is 1. The Bertz CT molecular complexity index is 941. The van der Waals surface area contributed by atoms with Crippen LogP contribution < -0.4 is 5.73 Å². The molecule has 0 unspecified atom stereocenters. The highest BCUT2D eigenvalue weighted by Gasteiger charge is 2.49. The Labute approximate surface area is 163 Å². The molecule has 1 aliphatic carbocycles. The zero-order valence-electron chi connectivity index (χ0n) is 15.2. The van der Waals surface area contributed by atoms with Gasteiger partial charge in [-0.3, -0.25) is 0 Å². The van der Waals surface area contributed by atoms with E-state index in [1.807, 2.05) is 37.3 Å². The molecular weight excluding hydrogens is 362 g/mol. The van der Waals surface area contributed by atoms with Gasteiger partial charge in [-0.2, -0.15) is 0 Å². The topological polar surface area (TPSA) is 72.6 Å². The monoisotopic (exact) mass is 383 g/mol. The van der Waals surface area contributed by atoms with Crippen LogP contribution in [0.2, 0.25) is 5.02 Å². The number of nitrogen functional groups attached to an aromatic ring is 1. The summed E-state index contributed by atoms with van der Waals surface area (Å²) in [4.78, 5) is 12.6. The second-order valence-electron chi connectivity index (χ2n) is 7.44. The number of aliphatic hydroxyl groups is 1. The van der Waals surface area contributed by atoms with Crippen molar-refractivity contribution in [3.8, 4) is 11.1 Å². The number of hydrogen-bond acceptors (Lipinski definition) is 4. The summed E-state index contributed by atoms with van der Waals surface area (Å²) in [6, 6.07) is 11.1. The maximum Gasteiger partial charge on any atom is 0.343 e. The lowest BCUT2D eigenvalue weighted by Gasteiger charge is -2.31. The molecule has 1 fully saturated rings. The molecule has 0 aromatic heterocycles. The molecular formula is C22H22ClNO3. The maximum atomic E-state index is 12.6. The fourth-order valence-corrected chi connectivity index (χ4v) is 4.41. The third-order valence-electron chi connectivity index (χ3n) is 5.63. The number of carbonyl (C=O) groups is 1. The fraction of sp³-hybridized carbons (Fsp3) is 0.318. The highest BCUT2D eigenvalue weighted by atomic mass is 35.5. The Morgan fingerprint density at radius 3 is 2.41 bits per heavy atom. The molecule has 2 aromatic rings. The van der Waals surface area contributed by atoms with Gasteiger partial charge in [-0.25, -0.2) is 4.79 Å². The van der Waals surface area contributed by atoms with E-state index in [9.17, 15) is 9.90 Å². The highest BCUT2D eigenvalue weighted by Crippen LogP contribution is 2.46. The summed E-state index contributed by atoms with van der Waals surface area (Å²) in [5, 5.41) is 11.4. The molecule has 0 amide bonds. The van der Waals surface area contributed by atoms with Crippen molar-refractivity contribution in [1.82, 2.24) is 0 Å². The van der Waals surface area contributed by atoms with E-state index in [2.05, 4.69) is 0 Å². The summed E-state index contributed by atoms with van der Waals surface area (Å²) in [7, 11) is 0. The summed E-state index contributed by atoms with van der Waals surface area (Å²) in [6.45, 7) is 1.91. The van der Waals surface area contributed by atoms with Gasteiger partial charge in [0.2, 0.25) is 0 Å². The molecule has 4 rings (SSSR count). The first-order valence-corrected chi connectivity index (χ1v) is 9.62. The Morgan fingerprint density at radius 2 is 1.74 bits per heavy atom. The molecule has 2 aromatic carbocycles. The van der Waals surface area contributed by atoms with Crippen molar-refractivity contribution in [1.29, 1.82) is 0 Å². The summed E-state index contributed by atoms with van der Waals surface area (Å²) in [5.41, 5.74) is 9.14. The Hall–Kier alpha value is -2.46. The number of rotatable bonds is 2. The van der Waals surface area contributed by atoms with E-state index in [1.165, 1.54) is 0 Å². The highest BCUT2D eigenvalue weighted by molar-refractivity contribution is 6.34. The molecule has 0 radical (unpaired) electrons. The first kappa shape index (κ1) is 17.9. The minimum Gasteiger partial charge on any atom is -0.507 e. The average Bonchev–Trinajstić information content (AvgIpc) is 2.88. The van der Waals surface area contributed by atoms with Crippen molar-refractivity contribution in [3.63, 3.8) is 0 Å². The fourth-order valence-electron chi connectivity index (χ4n) is 4.14. The lowest BCUT2D eigenvalue weighted by atomic mass is 9.82. The summed E-state index contributed by atoms with van der Waals surface area (Å²) >= 11 is 6.54. The lowest BCUT2D eigenvalue weighted by molar-refractivity contribution is -0.149. The molecule has 0 saturated heterocycles. The summed E-state index contributed by atoms with van der Waals surface area (Å²) in [6.07, 6.45) is 4.33. The van der Waals surface area contributed by atoms with E-state index in [1.54, 1.807) is 6.07 Å². The first-order valence-electron chi connectivity index (χ1n) is 9.25. The minimum absolute atomic E-state index is 0.0617. The van der Waals surface area contributed by atoms with Crippen LogP contribution in [-0.2, 0) is 9.53 Å². The first-order chi connectivity index (χ1) is 12.9. The molecule has 1 spiro atoms. The van der Waals surface area contributed by atoms with E-state index in [0.717, 1.165) is 36.0 Å². The lowest BCUT2D eigenvalue weighted by Crippen LogP contribution is -2.34. The van der Waals surface area contributed by atoms with Gasteiger partial charge in [-0.1, -0.05) is 30.2 Å². The Balaban J connectivity index is 1.79. The summed E-state index contributed by atoms with van der Waals surface area (Å²) in [5.74, 6) is -0.402. The Kier molecular flexibility index (Phi) is 4.39. The molecule has 1 heterocycles. The van der Waals surface area contributed by atoms with Crippen LogP contribution in [0.5, 0.6) is 0 Å². The predicted molar refractivity (Wildman–Crippen MR) is 107 cm³/mol. The van der Waals surface area contributed by atoms with Crippen molar-refractivity contribution in [2.75, 3.05) is 5.73 Å². The van der Waals surface area contributed by atoms with Gasteiger partial charge in [0.05, 0.1) is 0 Å². The number of benzene rings is 2. The number of nitrogens with two attached hydrogens (primary N) is 1. The minimum atomic E-state index is -0.848. The SMILES string of the molecule is Cc1cc(-c2ccc(N)cc2)c(Cl)cc1C1=C(O)C2(CCCCC2)OC1=O. The van der Waals surface area contributed by atoms with Crippen LogP contribution in [-0.4, -0.2) is 16.7 Å². The van der Waals surface area contributed by atoms with Crippen molar-refractivity contribution < 1.29 is 14.6 Å². The van der Waals surface area contributed by atoms with Gasteiger partial charge in [-0.15, -0.1) is 0 Å². The van der Waals surface area contributed by atoms with Gasteiger partial charge in [-0.05, 0) is 73.6 Å². The van der Waals surface area contributed by atoms with Crippen LogP contribution >= 0.6 is 11.6 Å². The van der Waals surface area contributed by atoms with E-state index >= 15 is 0 Å². The third-order valence-corrected chi connectivity index (χ3v) is 5.94. The van der Waals surface area contributed by atoms with Crippen molar-refractivity contribution >= 4 is 28.8 Å². The number of esters is 1. The van der Waals surface area contributed by atoms with Gasteiger partial charge in [0, 0.05) is 16.3 Å². The van der Waals surface area contributed by atoms with E-state index in [0.29, 0.717) is 29.1 Å². The molecule has 4 nitrogen and oxygen atoms in total. The number of hydrogen-bond donors (Lipinski definition) is 2. The molecule has 1 aliphatic heterocycles. The molecule has 3 N–H and O–H groups in total. The van der Waals surface area contributed by atoms with Crippen LogP contribution in [0.15, 0.2) is 42.2 Å². The van der Waals surface area contributed by atoms with E-state index in [-0.39, 0.29) is 11.3 Å². The smallest absolute Gasteiger partial charge is 0.343 e. The van der Waals surface area contributed by atoms with Gasteiger partial charge in [0.15, 0.2) is 11.4 Å². The largest absolute Gasteiger partial charge is 0.507 e. The van der Waals surface area contributed by atoms with Crippen LogP contribution in [0.1, 0.15) is 43.2 Å². The van der Waals surface area contributed by atoms with E-state index in [4.69, 9.17) is 22.1 Å². The Morgan fingerprint density at radius 1 is 1.07 bits per heavy atom. The van der Waals surface area contributed by atoms with E-state index < -0.39 is 11.6 Å².